The predicted octanol–water partition coefficient (Wildman–Crippen LogP) is 1.48. The molecule has 1 unspecified atom stereocenters. The summed E-state index contributed by atoms with van der Waals surface area (Å²) in [5.41, 5.74) is 1.23. The summed E-state index contributed by atoms with van der Waals surface area (Å²) in [6, 6.07) is 1.69. The fourth-order valence-electron chi connectivity index (χ4n) is 1.81. The summed E-state index contributed by atoms with van der Waals surface area (Å²) in [5, 5.41) is 12.8. The zero-order chi connectivity index (χ0) is 9.42. The fourth-order valence-corrected chi connectivity index (χ4v) is 1.81. The number of aromatic carboxylic acids is 1. The second-order valence-electron chi connectivity index (χ2n) is 3.53. The number of aromatic nitrogens is 2. The SMILES string of the molecule is CC1CCCn2nc(C(=O)O)cc21. The van der Waals surface area contributed by atoms with Gasteiger partial charge >= 0.3 is 5.97 Å². The lowest BCUT2D eigenvalue weighted by Gasteiger charge is -2.19. The van der Waals surface area contributed by atoms with Gasteiger partial charge in [-0.05, 0) is 24.8 Å². The molecule has 2 heterocycles. The molecule has 1 aliphatic heterocycles. The number of rotatable bonds is 1. The first-order valence-electron chi connectivity index (χ1n) is 4.49. The van der Waals surface area contributed by atoms with Gasteiger partial charge in [-0.3, -0.25) is 4.68 Å². The molecule has 1 aromatic heterocycles. The molecule has 0 bridgehead atoms. The van der Waals surface area contributed by atoms with Gasteiger partial charge in [0.25, 0.3) is 0 Å². The number of hydrogen-bond acceptors (Lipinski definition) is 2. The van der Waals surface area contributed by atoms with Crippen LogP contribution in [0.5, 0.6) is 0 Å². The van der Waals surface area contributed by atoms with Crippen LogP contribution in [0.2, 0.25) is 0 Å². The van der Waals surface area contributed by atoms with E-state index in [2.05, 4.69) is 12.0 Å². The van der Waals surface area contributed by atoms with E-state index in [0.29, 0.717) is 5.92 Å². The number of carbonyl (C=O) groups is 1. The Kier molecular flexibility index (Phi) is 1.83. The Morgan fingerprint density at radius 3 is 3.15 bits per heavy atom. The topological polar surface area (TPSA) is 55.1 Å². The largest absolute Gasteiger partial charge is 0.476 e. The van der Waals surface area contributed by atoms with Crippen LogP contribution in [0, 0.1) is 0 Å². The van der Waals surface area contributed by atoms with Gasteiger partial charge in [0.1, 0.15) is 0 Å². The van der Waals surface area contributed by atoms with Crippen LogP contribution in [0.3, 0.4) is 0 Å². The van der Waals surface area contributed by atoms with Crippen molar-refractivity contribution in [1.29, 1.82) is 0 Å². The van der Waals surface area contributed by atoms with E-state index < -0.39 is 5.97 Å². The average molecular weight is 180 g/mol. The van der Waals surface area contributed by atoms with Gasteiger partial charge in [0.2, 0.25) is 0 Å². The molecule has 0 amide bonds. The quantitative estimate of drug-likeness (QED) is 0.712. The van der Waals surface area contributed by atoms with Crippen LogP contribution >= 0.6 is 0 Å². The van der Waals surface area contributed by atoms with Crippen molar-refractivity contribution in [3.8, 4) is 0 Å². The lowest BCUT2D eigenvalue weighted by atomic mass is 9.98. The molecule has 0 radical (unpaired) electrons. The predicted molar refractivity (Wildman–Crippen MR) is 46.8 cm³/mol. The minimum atomic E-state index is -0.936. The molecule has 1 N–H and O–H groups in total. The second-order valence-corrected chi connectivity index (χ2v) is 3.53. The van der Waals surface area contributed by atoms with Crippen LogP contribution in [0.25, 0.3) is 0 Å². The Morgan fingerprint density at radius 2 is 2.54 bits per heavy atom. The molecule has 4 nitrogen and oxygen atoms in total. The van der Waals surface area contributed by atoms with Gasteiger partial charge in [-0.2, -0.15) is 5.10 Å². The van der Waals surface area contributed by atoms with E-state index in [0.717, 1.165) is 25.1 Å². The van der Waals surface area contributed by atoms with Crippen LogP contribution in [0.1, 0.15) is 41.9 Å². The van der Waals surface area contributed by atoms with E-state index in [4.69, 9.17) is 5.11 Å². The van der Waals surface area contributed by atoms with Crippen LogP contribution < -0.4 is 0 Å². The zero-order valence-electron chi connectivity index (χ0n) is 7.53. The number of hydrogen-bond donors (Lipinski definition) is 1. The Labute approximate surface area is 76.2 Å². The van der Waals surface area contributed by atoms with E-state index >= 15 is 0 Å². The van der Waals surface area contributed by atoms with Crippen molar-refractivity contribution in [1.82, 2.24) is 9.78 Å². The van der Waals surface area contributed by atoms with Gasteiger partial charge in [0.15, 0.2) is 5.69 Å². The molecule has 0 aliphatic carbocycles. The van der Waals surface area contributed by atoms with Crippen molar-refractivity contribution in [3.05, 3.63) is 17.5 Å². The van der Waals surface area contributed by atoms with E-state index in [-0.39, 0.29) is 5.69 Å². The minimum absolute atomic E-state index is 0.170. The lowest BCUT2D eigenvalue weighted by Crippen LogP contribution is -2.14. The molecule has 0 saturated carbocycles. The minimum Gasteiger partial charge on any atom is -0.476 e. The maximum atomic E-state index is 10.6. The van der Waals surface area contributed by atoms with Crippen molar-refractivity contribution in [3.63, 3.8) is 0 Å². The highest BCUT2D eigenvalue weighted by Crippen LogP contribution is 2.26. The van der Waals surface area contributed by atoms with Crippen molar-refractivity contribution >= 4 is 5.97 Å². The van der Waals surface area contributed by atoms with E-state index in [9.17, 15) is 4.79 Å². The Hall–Kier alpha value is -1.32. The Balaban J connectivity index is 2.42. The second kappa shape index (κ2) is 2.87. The van der Waals surface area contributed by atoms with Gasteiger partial charge in [0.05, 0.1) is 0 Å². The first-order chi connectivity index (χ1) is 6.18. The smallest absolute Gasteiger partial charge is 0.356 e. The van der Waals surface area contributed by atoms with Crippen molar-refractivity contribution in [2.24, 2.45) is 0 Å². The molecule has 2 rings (SSSR count). The maximum Gasteiger partial charge on any atom is 0.356 e. The Bertz CT molecular complexity index is 343. The van der Waals surface area contributed by atoms with Crippen LogP contribution in [0.15, 0.2) is 6.07 Å². The summed E-state index contributed by atoms with van der Waals surface area (Å²) in [6.07, 6.45) is 2.22. The van der Waals surface area contributed by atoms with Crippen molar-refractivity contribution < 1.29 is 9.90 Å². The fraction of sp³-hybridized carbons (Fsp3) is 0.556. The molecular weight excluding hydrogens is 168 g/mol. The molecule has 1 aromatic rings. The number of carboxylic acids is 1. The van der Waals surface area contributed by atoms with E-state index in [1.165, 1.54) is 0 Å². The highest BCUT2D eigenvalue weighted by Gasteiger charge is 2.20. The molecule has 1 atom stereocenters. The van der Waals surface area contributed by atoms with E-state index in [1.807, 2.05) is 4.68 Å². The summed E-state index contributed by atoms with van der Waals surface area (Å²) in [4.78, 5) is 10.6. The van der Waals surface area contributed by atoms with Crippen LogP contribution in [-0.2, 0) is 6.54 Å². The summed E-state index contributed by atoms with van der Waals surface area (Å²) in [7, 11) is 0. The molecule has 0 spiro atoms. The maximum absolute atomic E-state index is 10.6. The number of nitrogens with zero attached hydrogens (tertiary/aromatic N) is 2. The molecular formula is C9H12N2O2. The van der Waals surface area contributed by atoms with Gasteiger partial charge in [-0.25, -0.2) is 4.79 Å². The molecule has 70 valence electrons. The highest BCUT2D eigenvalue weighted by molar-refractivity contribution is 5.85. The van der Waals surface area contributed by atoms with Crippen molar-refractivity contribution in [2.75, 3.05) is 0 Å². The first-order valence-corrected chi connectivity index (χ1v) is 4.49. The molecule has 0 fully saturated rings. The third-order valence-electron chi connectivity index (χ3n) is 2.54. The third-order valence-corrected chi connectivity index (χ3v) is 2.54. The number of fused-ring (bicyclic) bond motifs is 1. The third kappa shape index (κ3) is 1.32. The van der Waals surface area contributed by atoms with Crippen LogP contribution in [0.4, 0.5) is 0 Å². The van der Waals surface area contributed by atoms with Crippen LogP contribution in [-0.4, -0.2) is 20.9 Å². The van der Waals surface area contributed by atoms with Gasteiger partial charge in [-0.15, -0.1) is 0 Å². The molecule has 1 aliphatic rings. The van der Waals surface area contributed by atoms with Gasteiger partial charge in [0, 0.05) is 12.2 Å². The summed E-state index contributed by atoms with van der Waals surface area (Å²) in [6.45, 7) is 2.96. The summed E-state index contributed by atoms with van der Waals surface area (Å²) in [5.74, 6) is -0.497. The summed E-state index contributed by atoms with van der Waals surface area (Å²) >= 11 is 0. The lowest BCUT2D eigenvalue weighted by molar-refractivity contribution is 0.0689. The molecule has 0 aromatic carbocycles. The zero-order valence-corrected chi connectivity index (χ0v) is 7.53. The average Bonchev–Trinajstić information content (AvgIpc) is 2.49. The molecule has 4 heteroatoms. The van der Waals surface area contributed by atoms with Crippen molar-refractivity contribution in [2.45, 2.75) is 32.2 Å². The monoisotopic (exact) mass is 180 g/mol. The standard InChI is InChI=1S/C9H12N2O2/c1-6-3-2-4-11-8(6)5-7(10-11)9(12)13/h5-6H,2-4H2,1H3,(H,12,13). The molecule has 0 saturated heterocycles. The summed E-state index contributed by atoms with van der Waals surface area (Å²) < 4.78 is 1.82. The molecule has 13 heavy (non-hydrogen) atoms. The van der Waals surface area contributed by atoms with Gasteiger partial charge in [-0.1, -0.05) is 6.92 Å². The van der Waals surface area contributed by atoms with Gasteiger partial charge < -0.3 is 5.11 Å². The van der Waals surface area contributed by atoms with E-state index in [1.54, 1.807) is 6.07 Å². The normalized spacial score (nSPS) is 21.2. The number of carboxylic acid groups (broad SMARTS) is 1. The number of aryl methyl sites for hydroxylation is 1. The Morgan fingerprint density at radius 1 is 1.77 bits per heavy atom. The first kappa shape index (κ1) is 8.29. The highest BCUT2D eigenvalue weighted by atomic mass is 16.4.